The predicted molar refractivity (Wildman–Crippen MR) is 112 cm³/mol. The summed E-state index contributed by atoms with van der Waals surface area (Å²) in [5.41, 5.74) is 2.92. The van der Waals surface area contributed by atoms with Gasteiger partial charge in [0.15, 0.2) is 5.96 Å². The molecule has 0 atom stereocenters. The maximum atomic E-state index is 11.4. The SMILES string of the molecule is CN=C(NCCc1ccc(C(=O)OC)cc1)NCc1ccccc1.I. The van der Waals surface area contributed by atoms with Gasteiger partial charge in [-0.3, -0.25) is 4.99 Å². The first-order chi connectivity index (χ1) is 11.7. The minimum Gasteiger partial charge on any atom is -0.465 e. The van der Waals surface area contributed by atoms with Gasteiger partial charge >= 0.3 is 5.97 Å². The maximum Gasteiger partial charge on any atom is 0.337 e. The molecule has 134 valence electrons. The van der Waals surface area contributed by atoms with Crippen LogP contribution in [0, 0.1) is 0 Å². The summed E-state index contributed by atoms with van der Waals surface area (Å²) < 4.78 is 4.69. The summed E-state index contributed by atoms with van der Waals surface area (Å²) in [6, 6.07) is 17.6. The molecule has 0 aromatic heterocycles. The van der Waals surface area contributed by atoms with E-state index in [4.69, 9.17) is 4.74 Å². The van der Waals surface area contributed by atoms with Crippen molar-refractivity contribution in [1.82, 2.24) is 10.6 Å². The number of hydrogen-bond acceptors (Lipinski definition) is 3. The summed E-state index contributed by atoms with van der Waals surface area (Å²) in [6.45, 7) is 1.49. The zero-order chi connectivity index (χ0) is 17.2. The molecule has 2 N–H and O–H groups in total. The van der Waals surface area contributed by atoms with Crippen LogP contribution in [0.15, 0.2) is 59.6 Å². The van der Waals surface area contributed by atoms with E-state index in [9.17, 15) is 4.79 Å². The Hall–Kier alpha value is -2.09. The Balaban J connectivity index is 0.00000312. The second-order valence-corrected chi connectivity index (χ2v) is 5.28. The van der Waals surface area contributed by atoms with Crippen LogP contribution in [0.4, 0.5) is 0 Å². The molecular formula is C19H24IN3O2. The van der Waals surface area contributed by atoms with E-state index < -0.39 is 0 Å². The number of hydrogen-bond donors (Lipinski definition) is 2. The molecule has 0 aliphatic carbocycles. The Kier molecular flexibility index (Phi) is 9.61. The number of guanidine groups is 1. The molecule has 2 aromatic rings. The molecule has 0 saturated carbocycles. The van der Waals surface area contributed by atoms with Gasteiger partial charge < -0.3 is 15.4 Å². The number of carbonyl (C=O) groups excluding carboxylic acids is 1. The predicted octanol–water partition coefficient (Wildman–Crippen LogP) is 3.00. The average molecular weight is 453 g/mol. The molecule has 0 spiro atoms. The first-order valence-electron chi connectivity index (χ1n) is 7.88. The molecule has 2 rings (SSSR count). The Labute approximate surface area is 165 Å². The van der Waals surface area contributed by atoms with E-state index in [1.807, 2.05) is 30.3 Å². The number of carbonyl (C=O) groups is 1. The van der Waals surface area contributed by atoms with Gasteiger partial charge in [-0.05, 0) is 29.7 Å². The van der Waals surface area contributed by atoms with Crippen molar-refractivity contribution in [2.75, 3.05) is 20.7 Å². The van der Waals surface area contributed by atoms with E-state index in [-0.39, 0.29) is 29.9 Å². The molecule has 0 radical (unpaired) electrons. The average Bonchev–Trinajstić information content (AvgIpc) is 2.65. The van der Waals surface area contributed by atoms with Crippen LogP contribution in [-0.2, 0) is 17.7 Å². The fourth-order valence-electron chi connectivity index (χ4n) is 2.25. The molecule has 25 heavy (non-hydrogen) atoms. The van der Waals surface area contributed by atoms with Gasteiger partial charge in [0, 0.05) is 20.1 Å². The number of aliphatic imine (C=N–C) groups is 1. The molecule has 2 aromatic carbocycles. The summed E-state index contributed by atoms with van der Waals surface area (Å²) in [6.07, 6.45) is 0.841. The van der Waals surface area contributed by atoms with Crippen molar-refractivity contribution in [3.8, 4) is 0 Å². The summed E-state index contributed by atoms with van der Waals surface area (Å²) in [7, 11) is 3.14. The van der Waals surface area contributed by atoms with Crippen LogP contribution in [-0.4, -0.2) is 32.6 Å². The number of nitrogens with one attached hydrogen (secondary N) is 2. The molecule has 6 heteroatoms. The zero-order valence-corrected chi connectivity index (χ0v) is 16.8. The van der Waals surface area contributed by atoms with Crippen molar-refractivity contribution in [2.24, 2.45) is 4.99 Å². The molecule has 0 bridgehead atoms. The van der Waals surface area contributed by atoms with E-state index in [1.54, 1.807) is 19.2 Å². The van der Waals surface area contributed by atoms with Crippen molar-refractivity contribution in [3.05, 3.63) is 71.3 Å². The van der Waals surface area contributed by atoms with Crippen molar-refractivity contribution >= 4 is 35.9 Å². The fourth-order valence-corrected chi connectivity index (χ4v) is 2.25. The molecular weight excluding hydrogens is 429 g/mol. The van der Waals surface area contributed by atoms with Crippen LogP contribution in [0.3, 0.4) is 0 Å². The van der Waals surface area contributed by atoms with E-state index in [2.05, 4.69) is 27.8 Å². The first kappa shape index (κ1) is 21.0. The maximum absolute atomic E-state index is 11.4. The first-order valence-corrected chi connectivity index (χ1v) is 7.88. The van der Waals surface area contributed by atoms with Crippen LogP contribution in [0.1, 0.15) is 21.5 Å². The molecule has 0 amide bonds. The molecule has 0 aliphatic rings. The van der Waals surface area contributed by atoms with E-state index in [0.717, 1.165) is 31.0 Å². The van der Waals surface area contributed by atoms with Crippen LogP contribution < -0.4 is 10.6 Å². The third-order valence-electron chi connectivity index (χ3n) is 3.61. The van der Waals surface area contributed by atoms with Gasteiger partial charge in [-0.25, -0.2) is 4.79 Å². The van der Waals surface area contributed by atoms with E-state index in [1.165, 1.54) is 12.7 Å². The Morgan fingerprint density at radius 3 is 2.28 bits per heavy atom. The smallest absolute Gasteiger partial charge is 0.337 e. The van der Waals surface area contributed by atoms with Crippen molar-refractivity contribution in [2.45, 2.75) is 13.0 Å². The second kappa shape index (κ2) is 11.5. The highest BCUT2D eigenvalue weighted by atomic mass is 127. The molecule has 5 nitrogen and oxygen atoms in total. The number of rotatable bonds is 6. The molecule has 0 heterocycles. The highest BCUT2D eigenvalue weighted by Crippen LogP contribution is 2.06. The lowest BCUT2D eigenvalue weighted by Crippen LogP contribution is -2.37. The topological polar surface area (TPSA) is 62.7 Å². The highest BCUT2D eigenvalue weighted by Gasteiger charge is 2.04. The number of halogens is 1. The highest BCUT2D eigenvalue weighted by molar-refractivity contribution is 14.0. The van der Waals surface area contributed by atoms with E-state index >= 15 is 0 Å². The second-order valence-electron chi connectivity index (χ2n) is 5.28. The number of benzene rings is 2. The standard InChI is InChI=1S/C19H23N3O2.HI/c1-20-19(22-14-16-6-4-3-5-7-16)21-13-12-15-8-10-17(11-9-15)18(23)24-2;/h3-11H,12-14H2,1-2H3,(H2,20,21,22);1H. The van der Waals surface area contributed by atoms with Crippen LogP contribution in [0.5, 0.6) is 0 Å². The molecule has 0 unspecified atom stereocenters. The molecule has 0 aliphatic heterocycles. The van der Waals surface area contributed by atoms with Crippen LogP contribution in [0.2, 0.25) is 0 Å². The van der Waals surface area contributed by atoms with Crippen molar-refractivity contribution in [3.63, 3.8) is 0 Å². The number of nitrogens with zero attached hydrogens (tertiary/aromatic N) is 1. The zero-order valence-electron chi connectivity index (χ0n) is 14.5. The third kappa shape index (κ3) is 7.13. The third-order valence-corrected chi connectivity index (χ3v) is 3.61. The lowest BCUT2D eigenvalue weighted by atomic mass is 10.1. The lowest BCUT2D eigenvalue weighted by Gasteiger charge is -2.12. The Morgan fingerprint density at radius 2 is 1.68 bits per heavy atom. The summed E-state index contributed by atoms with van der Waals surface area (Å²) in [5, 5.41) is 6.57. The fraction of sp³-hybridized carbons (Fsp3) is 0.263. The monoisotopic (exact) mass is 453 g/mol. The number of esters is 1. The van der Waals surface area contributed by atoms with Gasteiger partial charge in [-0.2, -0.15) is 0 Å². The van der Waals surface area contributed by atoms with Crippen molar-refractivity contribution in [1.29, 1.82) is 0 Å². The number of ether oxygens (including phenoxy) is 1. The lowest BCUT2D eigenvalue weighted by molar-refractivity contribution is 0.0600. The molecule has 0 fully saturated rings. The van der Waals surface area contributed by atoms with Crippen LogP contribution >= 0.6 is 24.0 Å². The van der Waals surface area contributed by atoms with Gasteiger partial charge in [0.1, 0.15) is 0 Å². The number of methoxy groups -OCH3 is 1. The van der Waals surface area contributed by atoms with Gasteiger partial charge in [0.25, 0.3) is 0 Å². The summed E-state index contributed by atoms with van der Waals surface area (Å²) in [5.74, 6) is 0.454. The quantitative estimate of drug-likeness (QED) is 0.306. The Morgan fingerprint density at radius 1 is 1.00 bits per heavy atom. The summed E-state index contributed by atoms with van der Waals surface area (Å²) >= 11 is 0. The largest absolute Gasteiger partial charge is 0.465 e. The minimum absolute atomic E-state index is 0. The van der Waals surface area contributed by atoms with Gasteiger partial charge in [0.2, 0.25) is 0 Å². The minimum atomic E-state index is -0.315. The van der Waals surface area contributed by atoms with Gasteiger partial charge in [0.05, 0.1) is 12.7 Å². The normalized spacial score (nSPS) is 10.6. The van der Waals surface area contributed by atoms with Gasteiger partial charge in [-0.15, -0.1) is 24.0 Å². The summed E-state index contributed by atoms with van der Waals surface area (Å²) in [4.78, 5) is 15.6. The van der Waals surface area contributed by atoms with E-state index in [0.29, 0.717) is 5.56 Å². The van der Waals surface area contributed by atoms with Gasteiger partial charge in [-0.1, -0.05) is 42.5 Å². The molecule has 0 saturated heterocycles. The van der Waals surface area contributed by atoms with Crippen molar-refractivity contribution < 1.29 is 9.53 Å². The Bertz CT molecular complexity index is 673. The van der Waals surface area contributed by atoms with Crippen LogP contribution in [0.25, 0.3) is 0 Å².